The molecule has 6 heteroatoms. The monoisotopic (exact) mass is 312 g/mol. The van der Waals surface area contributed by atoms with Gasteiger partial charge < -0.3 is 5.32 Å². The lowest BCUT2D eigenvalue weighted by Gasteiger charge is -2.14. The summed E-state index contributed by atoms with van der Waals surface area (Å²) in [5.41, 5.74) is -2.23. The van der Waals surface area contributed by atoms with Gasteiger partial charge in [0.2, 0.25) is 0 Å². The highest BCUT2D eigenvalue weighted by Gasteiger charge is 2.28. The molecule has 0 aliphatic rings. The Morgan fingerprint density at radius 2 is 1.90 bits per heavy atom. The molecule has 1 atom stereocenters. The largest absolute Gasteiger partial charge is 0.446 e. The highest BCUT2D eigenvalue weighted by atomic mass is 32.2. The first-order valence-electron chi connectivity index (χ1n) is 6.42. The van der Waals surface area contributed by atoms with E-state index in [-0.39, 0.29) is 22.7 Å². The third-order valence-electron chi connectivity index (χ3n) is 2.95. The van der Waals surface area contributed by atoms with Crippen LogP contribution in [0.2, 0.25) is 0 Å². The fourth-order valence-electron chi connectivity index (χ4n) is 1.83. The lowest BCUT2D eigenvalue weighted by atomic mass is 10.1. The summed E-state index contributed by atoms with van der Waals surface area (Å²) in [6, 6.07) is 10.4. The molecule has 0 aliphatic heterocycles. The minimum Gasteiger partial charge on any atom is -0.306 e. The molecule has 0 spiro atoms. The van der Waals surface area contributed by atoms with E-state index < -0.39 is 5.51 Å². The van der Waals surface area contributed by atoms with Crippen molar-refractivity contribution in [1.29, 1.82) is 0 Å². The number of nitrogens with one attached hydrogen (secondary N) is 1. The molecule has 2 aromatic rings. The number of alkyl halides is 3. The maximum Gasteiger partial charge on any atom is 0.446 e. The van der Waals surface area contributed by atoms with Gasteiger partial charge in [0, 0.05) is 29.9 Å². The topological polar surface area (TPSA) is 24.9 Å². The quantitative estimate of drug-likeness (QED) is 0.820. The normalized spacial score (nSPS) is 13.1. The summed E-state index contributed by atoms with van der Waals surface area (Å²) in [7, 11) is 0. The minimum absolute atomic E-state index is 0.0980. The average molecular weight is 312 g/mol. The van der Waals surface area contributed by atoms with Gasteiger partial charge in [-0.2, -0.15) is 13.2 Å². The number of nitrogens with zero attached hydrogens (tertiary/aromatic N) is 1. The fourth-order valence-corrected chi connectivity index (χ4v) is 2.37. The maximum absolute atomic E-state index is 12.2. The van der Waals surface area contributed by atoms with Crippen LogP contribution in [0, 0.1) is 0 Å². The number of hydrogen-bond acceptors (Lipinski definition) is 3. The van der Waals surface area contributed by atoms with Crippen molar-refractivity contribution in [2.45, 2.75) is 29.9 Å². The lowest BCUT2D eigenvalue weighted by Crippen LogP contribution is -2.18. The van der Waals surface area contributed by atoms with Crippen LogP contribution in [0.1, 0.15) is 24.1 Å². The van der Waals surface area contributed by atoms with E-state index in [9.17, 15) is 13.2 Å². The lowest BCUT2D eigenvalue weighted by molar-refractivity contribution is -0.0328. The van der Waals surface area contributed by atoms with Gasteiger partial charge in [-0.3, -0.25) is 4.98 Å². The predicted octanol–water partition coefficient (Wildman–Crippen LogP) is 4.54. The van der Waals surface area contributed by atoms with Crippen LogP contribution in [0.5, 0.6) is 0 Å². The summed E-state index contributed by atoms with van der Waals surface area (Å²) in [6.45, 7) is 2.61. The van der Waals surface area contributed by atoms with E-state index in [1.807, 2.05) is 19.1 Å². The molecule has 0 saturated carbocycles. The number of pyridine rings is 1. The molecule has 0 saturated heterocycles. The van der Waals surface area contributed by atoms with Crippen LogP contribution in [0.3, 0.4) is 0 Å². The molecule has 1 aromatic carbocycles. The molecule has 112 valence electrons. The van der Waals surface area contributed by atoms with E-state index >= 15 is 0 Å². The van der Waals surface area contributed by atoms with Crippen molar-refractivity contribution in [2.75, 3.05) is 0 Å². The second-order valence-corrected chi connectivity index (χ2v) is 5.72. The third kappa shape index (κ3) is 5.40. The molecule has 0 unspecified atom stereocenters. The summed E-state index contributed by atoms with van der Waals surface area (Å²) in [5.74, 6) is 0. The maximum atomic E-state index is 12.2. The van der Waals surface area contributed by atoms with Crippen LogP contribution in [-0.2, 0) is 6.54 Å². The predicted molar refractivity (Wildman–Crippen MR) is 77.8 cm³/mol. The molecule has 1 N–H and O–H groups in total. The molecule has 2 nitrogen and oxygen atoms in total. The molecule has 0 amide bonds. The van der Waals surface area contributed by atoms with Gasteiger partial charge in [-0.1, -0.05) is 18.2 Å². The first-order valence-corrected chi connectivity index (χ1v) is 7.24. The van der Waals surface area contributed by atoms with Gasteiger partial charge in [0.1, 0.15) is 0 Å². The van der Waals surface area contributed by atoms with Crippen molar-refractivity contribution < 1.29 is 13.2 Å². The second-order valence-electron chi connectivity index (χ2n) is 4.58. The SMILES string of the molecule is C[C@@H](NCc1ccc(SC(F)(F)F)cc1)c1cccnc1. The van der Waals surface area contributed by atoms with Crippen molar-refractivity contribution in [3.63, 3.8) is 0 Å². The van der Waals surface area contributed by atoms with E-state index in [4.69, 9.17) is 0 Å². The molecule has 0 bridgehead atoms. The molecule has 1 heterocycles. The Bertz CT molecular complexity index is 555. The van der Waals surface area contributed by atoms with Gasteiger partial charge in [0.25, 0.3) is 0 Å². The number of halogens is 3. The smallest absolute Gasteiger partial charge is 0.306 e. The van der Waals surface area contributed by atoms with Crippen molar-refractivity contribution in [3.8, 4) is 0 Å². The Morgan fingerprint density at radius 3 is 2.48 bits per heavy atom. The van der Waals surface area contributed by atoms with Crippen LogP contribution >= 0.6 is 11.8 Å². The van der Waals surface area contributed by atoms with E-state index in [1.165, 1.54) is 12.1 Å². The van der Waals surface area contributed by atoms with Gasteiger partial charge >= 0.3 is 5.51 Å². The zero-order valence-electron chi connectivity index (χ0n) is 11.4. The van der Waals surface area contributed by atoms with Crippen molar-refractivity contribution in [1.82, 2.24) is 10.3 Å². The molecule has 0 radical (unpaired) electrons. The van der Waals surface area contributed by atoms with Gasteiger partial charge in [0.15, 0.2) is 0 Å². The van der Waals surface area contributed by atoms with Crippen LogP contribution in [0.4, 0.5) is 13.2 Å². The first kappa shape index (κ1) is 15.9. The van der Waals surface area contributed by atoms with Crippen LogP contribution in [0.25, 0.3) is 0 Å². The van der Waals surface area contributed by atoms with E-state index in [0.29, 0.717) is 6.54 Å². The number of hydrogen-bond donors (Lipinski definition) is 1. The zero-order valence-corrected chi connectivity index (χ0v) is 12.2. The summed E-state index contributed by atoms with van der Waals surface area (Å²) in [6.07, 6.45) is 3.51. The minimum atomic E-state index is -4.24. The third-order valence-corrected chi connectivity index (χ3v) is 3.69. The standard InChI is InChI=1S/C15H15F3N2S/c1-11(13-3-2-8-19-10-13)20-9-12-4-6-14(7-5-12)21-15(16,17)18/h2-8,10-11,20H,9H2,1H3/t11-/m1/s1. The Balaban J connectivity index is 1.89. The fraction of sp³-hybridized carbons (Fsp3) is 0.267. The molecule has 21 heavy (non-hydrogen) atoms. The number of aromatic nitrogens is 1. The average Bonchev–Trinajstić information content (AvgIpc) is 2.45. The van der Waals surface area contributed by atoms with Crippen molar-refractivity contribution >= 4 is 11.8 Å². The molecule has 2 rings (SSSR count). The summed E-state index contributed by atoms with van der Waals surface area (Å²) >= 11 is -0.0980. The van der Waals surface area contributed by atoms with Gasteiger partial charge in [-0.15, -0.1) is 0 Å². The van der Waals surface area contributed by atoms with E-state index in [0.717, 1.165) is 11.1 Å². The summed E-state index contributed by atoms with van der Waals surface area (Å²) < 4.78 is 36.7. The molecule has 1 aromatic heterocycles. The van der Waals surface area contributed by atoms with Gasteiger partial charge in [-0.05, 0) is 48.0 Å². The number of benzene rings is 1. The van der Waals surface area contributed by atoms with Crippen LogP contribution in [0.15, 0.2) is 53.7 Å². The molecular weight excluding hydrogens is 297 g/mol. The summed E-state index contributed by atoms with van der Waals surface area (Å²) in [5, 5.41) is 3.31. The highest BCUT2D eigenvalue weighted by molar-refractivity contribution is 8.00. The first-order chi connectivity index (χ1) is 9.94. The van der Waals surface area contributed by atoms with Crippen LogP contribution < -0.4 is 5.32 Å². The number of rotatable bonds is 5. The summed E-state index contributed by atoms with van der Waals surface area (Å²) in [4.78, 5) is 4.26. The van der Waals surface area contributed by atoms with Crippen molar-refractivity contribution in [2.24, 2.45) is 0 Å². The van der Waals surface area contributed by atoms with Crippen molar-refractivity contribution in [3.05, 3.63) is 59.9 Å². The Hall–Kier alpha value is -1.53. The Morgan fingerprint density at radius 1 is 1.19 bits per heavy atom. The molecular formula is C15H15F3N2S. The zero-order chi connectivity index (χ0) is 15.3. The highest BCUT2D eigenvalue weighted by Crippen LogP contribution is 2.36. The van der Waals surface area contributed by atoms with Crippen LogP contribution in [-0.4, -0.2) is 10.5 Å². The number of thioether (sulfide) groups is 1. The molecule has 0 aliphatic carbocycles. The second kappa shape index (κ2) is 6.95. The van der Waals surface area contributed by atoms with Gasteiger partial charge in [-0.25, -0.2) is 0 Å². The van der Waals surface area contributed by atoms with E-state index in [2.05, 4.69) is 10.3 Å². The molecule has 0 fully saturated rings. The Kier molecular flexibility index (Phi) is 5.25. The Labute approximate surface area is 125 Å². The van der Waals surface area contributed by atoms with E-state index in [1.54, 1.807) is 24.5 Å². The van der Waals surface area contributed by atoms with Gasteiger partial charge in [0.05, 0.1) is 0 Å².